The Hall–Kier alpha value is -2.52. The molecule has 2 aromatic carbocycles. The third kappa shape index (κ3) is 4.02. The van der Waals surface area contributed by atoms with Crippen LogP contribution in [-0.4, -0.2) is 5.91 Å². The van der Waals surface area contributed by atoms with E-state index in [4.69, 9.17) is 16.0 Å². The fraction of sp³-hybridized carbons (Fsp3) is 0.105. The molecule has 0 aliphatic carbocycles. The monoisotopic (exact) mass is 325 g/mol. The Balaban J connectivity index is 1.76. The van der Waals surface area contributed by atoms with Crippen LogP contribution in [0, 0.1) is 0 Å². The molecule has 0 radical (unpaired) electrons. The van der Waals surface area contributed by atoms with Gasteiger partial charge in [0.15, 0.2) is 0 Å². The molecule has 0 saturated carbocycles. The molecule has 23 heavy (non-hydrogen) atoms. The maximum Gasteiger partial charge on any atom is 0.225 e. The van der Waals surface area contributed by atoms with Crippen molar-refractivity contribution in [1.29, 1.82) is 0 Å². The highest BCUT2D eigenvalue weighted by Crippen LogP contribution is 2.22. The molecule has 1 N–H and O–H groups in total. The largest absolute Gasteiger partial charge is 0.467 e. The fourth-order valence-corrected chi connectivity index (χ4v) is 2.55. The zero-order valence-corrected chi connectivity index (χ0v) is 13.2. The van der Waals surface area contributed by atoms with Crippen LogP contribution in [0.5, 0.6) is 0 Å². The summed E-state index contributed by atoms with van der Waals surface area (Å²) < 4.78 is 5.48. The second-order valence-electron chi connectivity index (χ2n) is 5.23. The fourth-order valence-electron chi connectivity index (χ4n) is 2.42. The number of halogens is 1. The van der Waals surface area contributed by atoms with E-state index in [-0.39, 0.29) is 11.9 Å². The molecule has 1 amide bonds. The lowest BCUT2D eigenvalue weighted by atomic mass is 10.0. The topological polar surface area (TPSA) is 42.2 Å². The second-order valence-corrected chi connectivity index (χ2v) is 5.67. The Morgan fingerprint density at radius 2 is 1.74 bits per heavy atom. The van der Waals surface area contributed by atoms with Crippen LogP contribution in [-0.2, 0) is 11.2 Å². The third-order valence-corrected chi connectivity index (χ3v) is 3.80. The van der Waals surface area contributed by atoms with Gasteiger partial charge >= 0.3 is 0 Å². The van der Waals surface area contributed by atoms with Crippen molar-refractivity contribution in [3.8, 4) is 0 Å². The van der Waals surface area contributed by atoms with E-state index in [9.17, 15) is 4.79 Å². The summed E-state index contributed by atoms with van der Waals surface area (Å²) in [7, 11) is 0. The molecule has 116 valence electrons. The van der Waals surface area contributed by atoms with Crippen LogP contribution < -0.4 is 5.32 Å². The number of furan rings is 1. The maximum atomic E-state index is 12.4. The number of rotatable bonds is 5. The highest BCUT2D eigenvalue weighted by atomic mass is 35.5. The molecule has 1 heterocycles. The van der Waals surface area contributed by atoms with Crippen LogP contribution in [0.1, 0.15) is 22.9 Å². The van der Waals surface area contributed by atoms with Crippen molar-refractivity contribution >= 4 is 17.5 Å². The summed E-state index contributed by atoms with van der Waals surface area (Å²) in [5.41, 5.74) is 1.89. The SMILES string of the molecule is O=C(Cc1ccc(Cl)cc1)NC(c1ccccc1)c1ccco1. The molecule has 4 heteroatoms. The summed E-state index contributed by atoms with van der Waals surface area (Å²) >= 11 is 5.87. The summed E-state index contributed by atoms with van der Waals surface area (Å²) in [4.78, 5) is 12.4. The lowest BCUT2D eigenvalue weighted by Crippen LogP contribution is -2.30. The highest BCUT2D eigenvalue weighted by Gasteiger charge is 2.19. The molecular weight excluding hydrogens is 310 g/mol. The maximum absolute atomic E-state index is 12.4. The van der Waals surface area contributed by atoms with Gasteiger partial charge in [-0.25, -0.2) is 0 Å². The van der Waals surface area contributed by atoms with Crippen molar-refractivity contribution in [2.45, 2.75) is 12.5 Å². The van der Waals surface area contributed by atoms with Crippen LogP contribution in [0.25, 0.3) is 0 Å². The van der Waals surface area contributed by atoms with Crippen LogP contribution in [0.4, 0.5) is 0 Å². The molecule has 0 aliphatic heterocycles. The van der Waals surface area contributed by atoms with E-state index in [1.54, 1.807) is 18.4 Å². The number of carbonyl (C=O) groups is 1. The molecule has 0 aliphatic rings. The first kappa shape index (κ1) is 15.4. The van der Waals surface area contributed by atoms with Crippen LogP contribution in [0.15, 0.2) is 77.4 Å². The Morgan fingerprint density at radius 3 is 2.39 bits per heavy atom. The molecule has 1 aromatic heterocycles. The quantitative estimate of drug-likeness (QED) is 0.756. The van der Waals surface area contributed by atoms with E-state index in [1.165, 1.54) is 0 Å². The summed E-state index contributed by atoms with van der Waals surface area (Å²) in [5.74, 6) is 0.637. The lowest BCUT2D eigenvalue weighted by Gasteiger charge is -2.17. The van der Waals surface area contributed by atoms with Gasteiger partial charge in [-0.1, -0.05) is 54.1 Å². The van der Waals surface area contributed by atoms with Crippen molar-refractivity contribution < 1.29 is 9.21 Å². The van der Waals surface area contributed by atoms with Crippen molar-refractivity contribution in [3.63, 3.8) is 0 Å². The van der Waals surface area contributed by atoms with E-state index in [0.29, 0.717) is 17.2 Å². The van der Waals surface area contributed by atoms with Gasteiger partial charge in [0.25, 0.3) is 0 Å². The van der Waals surface area contributed by atoms with Crippen LogP contribution >= 0.6 is 11.6 Å². The van der Waals surface area contributed by atoms with Gasteiger partial charge in [0.1, 0.15) is 11.8 Å². The summed E-state index contributed by atoms with van der Waals surface area (Å²) in [6.45, 7) is 0. The number of carbonyl (C=O) groups excluding carboxylic acids is 1. The Labute approximate surface area is 139 Å². The van der Waals surface area contributed by atoms with E-state index in [0.717, 1.165) is 11.1 Å². The molecule has 0 bridgehead atoms. The van der Waals surface area contributed by atoms with E-state index in [1.807, 2.05) is 54.6 Å². The molecule has 0 fully saturated rings. The van der Waals surface area contributed by atoms with Crippen molar-refractivity contribution in [2.75, 3.05) is 0 Å². The Bertz CT molecular complexity index is 752. The molecule has 1 atom stereocenters. The molecule has 0 saturated heterocycles. The average Bonchev–Trinajstić information content (AvgIpc) is 3.10. The standard InChI is InChI=1S/C19H16ClNO2/c20-16-10-8-14(9-11-16)13-18(22)21-19(17-7-4-12-23-17)15-5-2-1-3-6-15/h1-12,19H,13H2,(H,21,22). The van der Waals surface area contributed by atoms with Gasteiger partial charge in [-0.15, -0.1) is 0 Å². The Morgan fingerprint density at radius 1 is 1.00 bits per heavy atom. The highest BCUT2D eigenvalue weighted by molar-refractivity contribution is 6.30. The van der Waals surface area contributed by atoms with Crippen LogP contribution in [0.2, 0.25) is 5.02 Å². The van der Waals surface area contributed by atoms with Gasteiger partial charge in [-0.2, -0.15) is 0 Å². The minimum Gasteiger partial charge on any atom is -0.467 e. The minimum atomic E-state index is -0.300. The molecular formula is C19H16ClNO2. The summed E-state index contributed by atoms with van der Waals surface area (Å²) in [6, 6.07) is 20.4. The van der Waals surface area contributed by atoms with Gasteiger partial charge in [0.2, 0.25) is 5.91 Å². The Kier molecular flexibility index (Phi) is 4.79. The van der Waals surface area contributed by atoms with E-state index in [2.05, 4.69) is 5.32 Å². The number of benzene rings is 2. The van der Waals surface area contributed by atoms with Gasteiger partial charge in [-0.05, 0) is 35.4 Å². The predicted molar refractivity (Wildman–Crippen MR) is 90.3 cm³/mol. The minimum absolute atomic E-state index is 0.0717. The number of nitrogens with one attached hydrogen (secondary N) is 1. The number of amides is 1. The second kappa shape index (κ2) is 7.16. The van der Waals surface area contributed by atoms with Crippen LogP contribution in [0.3, 0.4) is 0 Å². The molecule has 3 rings (SSSR count). The van der Waals surface area contributed by atoms with E-state index < -0.39 is 0 Å². The normalized spacial score (nSPS) is 11.9. The predicted octanol–water partition coefficient (Wildman–Crippen LogP) is 4.38. The first-order valence-electron chi connectivity index (χ1n) is 7.34. The third-order valence-electron chi connectivity index (χ3n) is 3.54. The van der Waals surface area contributed by atoms with Crippen molar-refractivity contribution in [2.24, 2.45) is 0 Å². The first-order chi connectivity index (χ1) is 11.2. The number of hydrogen-bond donors (Lipinski definition) is 1. The van der Waals surface area contributed by atoms with Crippen molar-refractivity contribution in [3.05, 3.63) is 94.9 Å². The van der Waals surface area contributed by atoms with Gasteiger partial charge < -0.3 is 9.73 Å². The van der Waals surface area contributed by atoms with Gasteiger partial charge in [0.05, 0.1) is 12.7 Å². The zero-order chi connectivity index (χ0) is 16.1. The van der Waals surface area contributed by atoms with Gasteiger partial charge in [0, 0.05) is 5.02 Å². The van der Waals surface area contributed by atoms with Crippen molar-refractivity contribution in [1.82, 2.24) is 5.32 Å². The lowest BCUT2D eigenvalue weighted by molar-refractivity contribution is -0.121. The smallest absolute Gasteiger partial charge is 0.225 e. The molecule has 0 spiro atoms. The summed E-state index contributed by atoms with van der Waals surface area (Å²) in [6.07, 6.45) is 1.90. The molecule has 3 nitrogen and oxygen atoms in total. The zero-order valence-electron chi connectivity index (χ0n) is 12.4. The average molecular weight is 326 g/mol. The number of hydrogen-bond acceptors (Lipinski definition) is 2. The molecule has 1 unspecified atom stereocenters. The van der Waals surface area contributed by atoms with E-state index >= 15 is 0 Å². The molecule has 3 aromatic rings. The van der Waals surface area contributed by atoms with Gasteiger partial charge in [-0.3, -0.25) is 4.79 Å². The summed E-state index contributed by atoms with van der Waals surface area (Å²) in [5, 5.41) is 3.69. The first-order valence-corrected chi connectivity index (χ1v) is 7.72.